The van der Waals surface area contributed by atoms with E-state index in [1.165, 1.54) is 6.07 Å². The van der Waals surface area contributed by atoms with Crippen LogP contribution in [0.5, 0.6) is 5.75 Å². The highest BCUT2D eigenvalue weighted by atomic mass is 19.1. The van der Waals surface area contributed by atoms with Crippen LogP contribution in [0, 0.1) is 24.1 Å². The Morgan fingerprint density at radius 1 is 1.25 bits per heavy atom. The number of rotatable bonds is 3. The SMILES string of the molecule is CCN(c1cc(O)ccc1C)c1cccc(F)c1C#N. The zero-order chi connectivity index (χ0) is 14.7. The van der Waals surface area contributed by atoms with Gasteiger partial charge in [-0.3, -0.25) is 0 Å². The van der Waals surface area contributed by atoms with Crippen molar-refractivity contribution in [2.45, 2.75) is 13.8 Å². The van der Waals surface area contributed by atoms with E-state index < -0.39 is 5.82 Å². The van der Waals surface area contributed by atoms with Crippen LogP contribution >= 0.6 is 0 Å². The molecule has 2 aromatic rings. The van der Waals surface area contributed by atoms with Crippen molar-refractivity contribution in [2.75, 3.05) is 11.4 Å². The van der Waals surface area contributed by atoms with Crippen LogP contribution in [0.2, 0.25) is 0 Å². The maximum Gasteiger partial charge on any atom is 0.143 e. The van der Waals surface area contributed by atoms with Gasteiger partial charge in [0.25, 0.3) is 0 Å². The lowest BCUT2D eigenvalue weighted by atomic mass is 10.1. The number of anilines is 2. The molecule has 0 heterocycles. The predicted octanol–water partition coefficient (Wildman–Crippen LogP) is 3.87. The van der Waals surface area contributed by atoms with Crippen LogP contribution in [0.25, 0.3) is 0 Å². The average Bonchev–Trinajstić information content (AvgIpc) is 2.44. The summed E-state index contributed by atoms with van der Waals surface area (Å²) in [6.07, 6.45) is 0. The molecule has 0 atom stereocenters. The van der Waals surface area contributed by atoms with Crippen LogP contribution in [0.15, 0.2) is 36.4 Å². The predicted molar refractivity (Wildman–Crippen MR) is 76.6 cm³/mol. The Morgan fingerprint density at radius 3 is 2.65 bits per heavy atom. The number of halogens is 1. The first-order chi connectivity index (χ1) is 9.58. The van der Waals surface area contributed by atoms with E-state index in [1.807, 2.05) is 24.8 Å². The molecule has 0 aromatic heterocycles. The highest BCUT2D eigenvalue weighted by molar-refractivity contribution is 5.72. The highest BCUT2D eigenvalue weighted by Crippen LogP contribution is 2.33. The summed E-state index contributed by atoms with van der Waals surface area (Å²) >= 11 is 0. The molecule has 2 aromatic carbocycles. The van der Waals surface area contributed by atoms with Crippen LogP contribution in [-0.2, 0) is 0 Å². The molecule has 0 spiro atoms. The van der Waals surface area contributed by atoms with E-state index in [0.29, 0.717) is 12.2 Å². The first kappa shape index (κ1) is 13.9. The molecule has 0 aliphatic rings. The minimum Gasteiger partial charge on any atom is -0.508 e. The Labute approximate surface area is 117 Å². The molecule has 4 heteroatoms. The van der Waals surface area contributed by atoms with Gasteiger partial charge in [-0.15, -0.1) is 0 Å². The lowest BCUT2D eigenvalue weighted by Gasteiger charge is -2.26. The van der Waals surface area contributed by atoms with Crippen molar-refractivity contribution in [3.8, 4) is 11.8 Å². The van der Waals surface area contributed by atoms with E-state index >= 15 is 0 Å². The minimum atomic E-state index is -0.541. The molecule has 102 valence electrons. The maximum absolute atomic E-state index is 13.7. The number of nitrogens with zero attached hydrogens (tertiary/aromatic N) is 2. The summed E-state index contributed by atoms with van der Waals surface area (Å²) in [6.45, 7) is 4.38. The van der Waals surface area contributed by atoms with Gasteiger partial charge < -0.3 is 10.0 Å². The van der Waals surface area contributed by atoms with Crippen molar-refractivity contribution >= 4 is 11.4 Å². The maximum atomic E-state index is 13.7. The summed E-state index contributed by atoms with van der Waals surface area (Å²) in [7, 11) is 0. The van der Waals surface area contributed by atoms with Crippen molar-refractivity contribution in [1.82, 2.24) is 0 Å². The van der Waals surface area contributed by atoms with Gasteiger partial charge in [0.1, 0.15) is 23.2 Å². The molecule has 0 aliphatic carbocycles. The van der Waals surface area contributed by atoms with E-state index in [-0.39, 0.29) is 11.3 Å². The third-order valence-corrected chi connectivity index (χ3v) is 3.19. The van der Waals surface area contributed by atoms with Gasteiger partial charge in [0, 0.05) is 18.3 Å². The Bertz CT molecular complexity index is 677. The summed E-state index contributed by atoms with van der Waals surface area (Å²) < 4.78 is 13.7. The van der Waals surface area contributed by atoms with Crippen molar-refractivity contribution in [2.24, 2.45) is 0 Å². The normalized spacial score (nSPS) is 10.1. The number of aromatic hydroxyl groups is 1. The minimum absolute atomic E-state index is 0.0112. The second-order valence-electron chi connectivity index (χ2n) is 4.46. The van der Waals surface area contributed by atoms with Gasteiger partial charge in [-0.1, -0.05) is 12.1 Å². The van der Waals surface area contributed by atoms with Crippen molar-refractivity contribution in [1.29, 1.82) is 5.26 Å². The van der Waals surface area contributed by atoms with E-state index in [0.717, 1.165) is 11.3 Å². The Morgan fingerprint density at radius 2 is 2.00 bits per heavy atom. The topological polar surface area (TPSA) is 47.3 Å². The molecule has 20 heavy (non-hydrogen) atoms. The molecule has 0 bridgehead atoms. The number of phenols is 1. The molecule has 0 unspecified atom stereocenters. The fraction of sp³-hybridized carbons (Fsp3) is 0.188. The van der Waals surface area contributed by atoms with Gasteiger partial charge in [0.2, 0.25) is 0 Å². The molecule has 0 saturated heterocycles. The molecule has 2 rings (SSSR count). The van der Waals surface area contributed by atoms with E-state index in [9.17, 15) is 9.50 Å². The van der Waals surface area contributed by atoms with Crippen molar-refractivity contribution in [3.63, 3.8) is 0 Å². The van der Waals surface area contributed by atoms with Gasteiger partial charge in [-0.25, -0.2) is 4.39 Å². The Kier molecular flexibility index (Phi) is 3.90. The second kappa shape index (κ2) is 5.62. The standard InChI is InChI=1S/C16H15FN2O/c1-3-19(16-9-12(20)8-7-11(16)2)15-6-4-5-14(17)13(15)10-18/h4-9,20H,3H2,1-2H3. The van der Waals surface area contributed by atoms with Crippen LogP contribution in [-0.4, -0.2) is 11.7 Å². The van der Waals surface area contributed by atoms with Gasteiger partial charge in [-0.2, -0.15) is 5.26 Å². The van der Waals surface area contributed by atoms with E-state index in [1.54, 1.807) is 30.3 Å². The average molecular weight is 270 g/mol. The molecule has 1 N–H and O–H groups in total. The zero-order valence-electron chi connectivity index (χ0n) is 11.4. The summed E-state index contributed by atoms with van der Waals surface area (Å²) in [6, 6.07) is 11.5. The smallest absolute Gasteiger partial charge is 0.143 e. The van der Waals surface area contributed by atoms with Gasteiger partial charge in [0.15, 0.2) is 0 Å². The number of hydrogen-bond donors (Lipinski definition) is 1. The molecule has 0 fully saturated rings. The van der Waals surface area contributed by atoms with Crippen LogP contribution in [0.4, 0.5) is 15.8 Å². The first-order valence-electron chi connectivity index (χ1n) is 6.34. The van der Waals surface area contributed by atoms with Crippen LogP contribution in [0.1, 0.15) is 18.1 Å². The number of aryl methyl sites for hydroxylation is 1. The van der Waals surface area contributed by atoms with Crippen LogP contribution < -0.4 is 4.90 Å². The highest BCUT2D eigenvalue weighted by Gasteiger charge is 2.16. The van der Waals surface area contributed by atoms with E-state index in [4.69, 9.17) is 5.26 Å². The summed E-state index contributed by atoms with van der Waals surface area (Å²) in [5.74, 6) is -0.403. The molecule has 0 amide bonds. The van der Waals surface area contributed by atoms with Gasteiger partial charge in [-0.05, 0) is 37.6 Å². The lowest BCUT2D eigenvalue weighted by Crippen LogP contribution is -2.18. The summed E-state index contributed by atoms with van der Waals surface area (Å²) in [4.78, 5) is 1.82. The fourth-order valence-corrected chi connectivity index (χ4v) is 2.21. The fourth-order valence-electron chi connectivity index (χ4n) is 2.21. The Balaban J connectivity index is 2.62. The van der Waals surface area contributed by atoms with E-state index in [2.05, 4.69) is 0 Å². The molecule has 0 saturated carbocycles. The van der Waals surface area contributed by atoms with Crippen molar-refractivity contribution in [3.05, 3.63) is 53.3 Å². The van der Waals surface area contributed by atoms with Gasteiger partial charge >= 0.3 is 0 Å². The molecular formula is C16H15FN2O. The van der Waals surface area contributed by atoms with Crippen LogP contribution in [0.3, 0.4) is 0 Å². The lowest BCUT2D eigenvalue weighted by molar-refractivity contribution is 0.475. The number of hydrogen-bond acceptors (Lipinski definition) is 3. The number of benzene rings is 2. The molecule has 0 radical (unpaired) electrons. The molecule has 3 nitrogen and oxygen atoms in total. The third kappa shape index (κ3) is 2.43. The molecule has 0 aliphatic heterocycles. The largest absolute Gasteiger partial charge is 0.508 e. The zero-order valence-corrected chi connectivity index (χ0v) is 11.4. The monoisotopic (exact) mass is 270 g/mol. The quantitative estimate of drug-likeness (QED) is 0.921. The van der Waals surface area contributed by atoms with Crippen molar-refractivity contribution < 1.29 is 9.50 Å². The Hall–Kier alpha value is -2.54. The second-order valence-corrected chi connectivity index (χ2v) is 4.46. The van der Waals surface area contributed by atoms with Gasteiger partial charge in [0.05, 0.1) is 5.69 Å². The number of nitriles is 1. The summed E-state index contributed by atoms with van der Waals surface area (Å²) in [5.41, 5.74) is 2.22. The summed E-state index contributed by atoms with van der Waals surface area (Å²) in [5, 5.41) is 18.8. The number of phenolic OH excluding ortho intramolecular Hbond substituents is 1. The molecular weight excluding hydrogens is 255 g/mol. The first-order valence-corrected chi connectivity index (χ1v) is 6.34. The third-order valence-electron chi connectivity index (χ3n) is 3.19.